The Morgan fingerprint density at radius 1 is 1.07 bits per heavy atom. The SMILES string of the molecule is CCCCCCC1CCCS1.O=C(/C=C/c1ccccc1)c1ccc(O)cc1. The van der Waals surface area contributed by atoms with E-state index in [9.17, 15) is 4.79 Å². The molecule has 2 aromatic carbocycles. The van der Waals surface area contributed by atoms with Crippen molar-refractivity contribution in [3.8, 4) is 5.75 Å². The molecule has 0 bridgehead atoms. The van der Waals surface area contributed by atoms with Crippen LogP contribution in [0.4, 0.5) is 0 Å². The first-order valence-electron chi connectivity index (χ1n) is 10.4. The first kappa shape index (κ1) is 22.3. The van der Waals surface area contributed by atoms with Crippen LogP contribution in [0.25, 0.3) is 6.08 Å². The maximum atomic E-state index is 11.8. The minimum Gasteiger partial charge on any atom is -0.508 e. The summed E-state index contributed by atoms with van der Waals surface area (Å²) in [4.78, 5) is 11.8. The molecule has 3 heteroatoms. The Morgan fingerprint density at radius 3 is 2.46 bits per heavy atom. The maximum absolute atomic E-state index is 11.8. The number of rotatable bonds is 8. The van der Waals surface area contributed by atoms with Crippen LogP contribution >= 0.6 is 11.8 Å². The zero-order valence-corrected chi connectivity index (χ0v) is 17.7. The van der Waals surface area contributed by atoms with Crippen LogP contribution in [0.2, 0.25) is 0 Å². The van der Waals surface area contributed by atoms with E-state index in [2.05, 4.69) is 18.7 Å². The van der Waals surface area contributed by atoms with Crippen molar-refractivity contribution in [3.63, 3.8) is 0 Å². The highest BCUT2D eigenvalue weighted by atomic mass is 32.2. The molecule has 0 amide bonds. The van der Waals surface area contributed by atoms with Crippen molar-refractivity contribution < 1.29 is 9.90 Å². The van der Waals surface area contributed by atoms with E-state index in [0.29, 0.717) is 5.56 Å². The van der Waals surface area contributed by atoms with Gasteiger partial charge in [-0.2, -0.15) is 11.8 Å². The molecule has 2 nitrogen and oxygen atoms in total. The summed E-state index contributed by atoms with van der Waals surface area (Å²) in [6.45, 7) is 2.28. The molecule has 1 unspecified atom stereocenters. The number of allylic oxidation sites excluding steroid dienone is 1. The van der Waals surface area contributed by atoms with E-state index in [1.165, 1.54) is 68.9 Å². The van der Waals surface area contributed by atoms with E-state index in [-0.39, 0.29) is 11.5 Å². The third-order valence-electron chi connectivity index (χ3n) is 4.78. The number of phenols is 1. The topological polar surface area (TPSA) is 37.3 Å². The van der Waals surface area contributed by atoms with Crippen molar-refractivity contribution >= 4 is 23.6 Å². The molecule has 1 aliphatic heterocycles. The molecule has 1 saturated heterocycles. The smallest absolute Gasteiger partial charge is 0.185 e. The summed E-state index contributed by atoms with van der Waals surface area (Å²) in [6.07, 6.45) is 13.5. The number of benzene rings is 2. The monoisotopic (exact) mass is 396 g/mol. The molecule has 1 heterocycles. The van der Waals surface area contributed by atoms with Crippen LogP contribution in [0, 0.1) is 0 Å². The largest absolute Gasteiger partial charge is 0.508 e. The van der Waals surface area contributed by atoms with Gasteiger partial charge in [0.2, 0.25) is 0 Å². The van der Waals surface area contributed by atoms with Crippen LogP contribution in [0.5, 0.6) is 5.75 Å². The lowest BCUT2D eigenvalue weighted by Crippen LogP contribution is -1.95. The molecule has 28 heavy (non-hydrogen) atoms. The number of phenolic OH excluding ortho intramolecular Hbond substituents is 1. The lowest BCUT2D eigenvalue weighted by molar-refractivity contribution is 0.104. The Hall–Kier alpha value is -2.00. The standard InChI is InChI=1S/C15H12O2.C10H20S/c16-14-9-7-13(8-10-14)15(17)11-6-12-4-2-1-3-5-12;1-2-3-4-5-7-10-8-6-9-11-10/h1-11,16H;10H,2-9H2,1H3/b11-6+;. The summed E-state index contributed by atoms with van der Waals surface area (Å²) >= 11 is 2.20. The zero-order valence-electron chi connectivity index (χ0n) is 16.8. The predicted molar refractivity (Wildman–Crippen MR) is 122 cm³/mol. The Morgan fingerprint density at radius 2 is 1.82 bits per heavy atom. The second-order valence-electron chi connectivity index (χ2n) is 7.14. The molecule has 0 spiro atoms. The van der Waals surface area contributed by atoms with Gasteiger partial charge in [0.25, 0.3) is 0 Å². The highest BCUT2D eigenvalue weighted by molar-refractivity contribution is 8.00. The average molecular weight is 397 g/mol. The van der Waals surface area contributed by atoms with Gasteiger partial charge in [-0.05, 0) is 60.9 Å². The van der Waals surface area contributed by atoms with E-state index < -0.39 is 0 Å². The fraction of sp³-hybridized carbons (Fsp3) is 0.400. The van der Waals surface area contributed by atoms with Crippen LogP contribution in [0.15, 0.2) is 60.7 Å². The molecule has 0 radical (unpaired) electrons. The van der Waals surface area contributed by atoms with Gasteiger partial charge in [-0.3, -0.25) is 4.79 Å². The number of thioether (sulfide) groups is 1. The van der Waals surface area contributed by atoms with Crippen molar-refractivity contribution in [2.24, 2.45) is 0 Å². The lowest BCUT2D eigenvalue weighted by atomic mass is 10.1. The highest BCUT2D eigenvalue weighted by Gasteiger charge is 2.14. The summed E-state index contributed by atoms with van der Waals surface area (Å²) in [7, 11) is 0. The summed E-state index contributed by atoms with van der Waals surface area (Å²) in [6, 6.07) is 15.9. The van der Waals surface area contributed by atoms with Crippen molar-refractivity contribution in [2.75, 3.05) is 5.75 Å². The Balaban J connectivity index is 0.000000221. The molecule has 2 aromatic rings. The van der Waals surface area contributed by atoms with Gasteiger partial charge >= 0.3 is 0 Å². The van der Waals surface area contributed by atoms with E-state index >= 15 is 0 Å². The van der Waals surface area contributed by atoms with Gasteiger partial charge in [0.15, 0.2) is 5.78 Å². The highest BCUT2D eigenvalue weighted by Crippen LogP contribution is 2.30. The van der Waals surface area contributed by atoms with Gasteiger partial charge in [-0.1, -0.05) is 69.0 Å². The van der Waals surface area contributed by atoms with Crippen LogP contribution in [-0.2, 0) is 0 Å². The maximum Gasteiger partial charge on any atom is 0.185 e. The molecule has 0 saturated carbocycles. The van der Waals surface area contributed by atoms with Gasteiger partial charge in [0, 0.05) is 10.8 Å². The number of ketones is 1. The normalized spacial score (nSPS) is 16.0. The number of unbranched alkanes of at least 4 members (excludes halogenated alkanes) is 3. The van der Waals surface area contributed by atoms with Crippen molar-refractivity contribution in [1.29, 1.82) is 0 Å². The number of carbonyl (C=O) groups is 1. The van der Waals surface area contributed by atoms with Gasteiger partial charge in [0.1, 0.15) is 5.75 Å². The third-order valence-corrected chi connectivity index (χ3v) is 6.25. The van der Waals surface area contributed by atoms with E-state index in [4.69, 9.17) is 5.11 Å². The molecular weight excluding hydrogens is 364 g/mol. The van der Waals surface area contributed by atoms with Gasteiger partial charge in [0.05, 0.1) is 0 Å². The van der Waals surface area contributed by atoms with E-state index in [1.807, 2.05) is 30.3 Å². The van der Waals surface area contributed by atoms with E-state index in [1.54, 1.807) is 18.2 Å². The molecule has 150 valence electrons. The molecule has 0 aromatic heterocycles. The second kappa shape index (κ2) is 13.2. The molecule has 1 aliphatic rings. The summed E-state index contributed by atoms with van der Waals surface area (Å²) in [5.74, 6) is 1.51. The first-order chi connectivity index (χ1) is 13.7. The number of aromatic hydroxyl groups is 1. The second-order valence-corrected chi connectivity index (χ2v) is 8.55. The molecule has 1 N–H and O–H groups in total. The summed E-state index contributed by atoms with van der Waals surface area (Å²) in [5.41, 5.74) is 1.55. The number of carbonyl (C=O) groups excluding carboxylic acids is 1. The molecule has 1 fully saturated rings. The van der Waals surface area contributed by atoms with Crippen molar-refractivity contribution in [1.82, 2.24) is 0 Å². The van der Waals surface area contributed by atoms with Gasteiger partial charge < -0.3 is 5.11 Å². The first-order valence-corrected chi connectivity index (χ1v) is 11.4. The zero-order chi connectivity index (χ0) is 20.0. The molecule has 3 rings (SSSR count). The van der Waals surface area contributed by atoms with Gasteiger partial charge in [-0.25, -0.2) is 0 Å². The molecular formula is C25H32O2S. The minimum absolute atomic E-state index is 0.0751. The molecule has 0 aliphatic carbocycles. The van der Waals surface area contributed by atoms with Crippen LogP contribution in [0.1, 0.15) is 67.8 Å². The predicted octanol–water partition coefficient (Wildman–Crippen LogP) is 7.14. The van der Waals surface area contributed by atoms with Crippen LogP contribution in [-0.4, -0.2) is 21.9 Å². The number of hydrogen-bond donors (Lipinski definition) is 1. The Bertz CT molecular complexity index is 701. The Labute approximate surface area is 174 Å². The van der Waals surface area contributed by atoms with Crippen LogP contribution in [0.3, 0.4) is 0 Å². The number of hydrogen-bond acceptors (Lipinski definition) is 3. The quantitative estimate of drug-likeness (QED) is 0.293. The Kier molecular flexibility index (Phi) is 10.5. The fourth-order valence-corrected chi connectivity index (χ4v) is 4.46. The lowest BCUT2D eigenvalue weighted by Gasteiger charge is -2.06. The summed E-state index contributed by atoms with van der Waals surface area (Å²) in [5, 5.41) is 10.2. The van der Waals surface area contributed by atoms with E-state index in [0.717, 1.165) is 10.8 Å². The van der Waals surface area contributed by atoms with Crippen molar-refractivity contribution in [2.45, 2.75) is 57.1 Å². The van der Waals surface area contributed by atoms with Crippen molar-refractivity contribution in [3.05, 3.63) is 71.8 Å². The average Bonchev–Trinajstić information content (AvgIpc) is 3.25. The van der Waals surface area contributed by atoms with Gasteiger partial charge in [-0.15, -0.1) is 0 Å². The third kappa shape index (κ3) is 8.79. The van der Waals surface area contributed by atoms with Crippen LogP contribution < -0.4 is 0 Å². The fourth-order valence-electron chi connectivity index (χ4n) is 3.13. The minimum atomic E-state index is -0.0751. The molecule has 1 atom stereocenters. The summed E-state index contributed by atoms with van der Waals surface area (Å²) < 4.78 is 0.